The number of carbonyl (C=O) groups is 2. The Balaban J connectivity index is 1.69. The highest BCUT2D eigenvalue weighted by atomic mass is 16.7. The van der Waals surface area contributed by atoms with E-state index in [-0.39, 0.29) is 17.8 Å². The number of hydrogen-bond acceptors (Lipinski definition) is 7. The van der Waals surface area contributed by atoms with Crippen molar-refractivity contribution < 1.29 is 33.6 Å². The highest BCUT2D eigenvalue weighted by molar-refractivity contribution is 5.91. The third-order valence-corrected chi connectivity index (χ3v) is 6.43. The van der Waals surface area contributed by atoms with Crippen molar-refractivity contribution in [3.63, 3.8) is 0 Å². The minimum Gasteiger partial charge on any atom is -0.458 e. The maximum absolute atomic E-state index is 12.4. The number of aliphatic hydroxyl groups excluding tert-OH is 1. The Morgan fingerprint density at radius 2 is 1.89 bits per heavy atom. The third kappa shape index (κ3) is 2.92. The third-order valence-electron chi connectivity index (χ3n) is 6.43. The van der Waals surface area contributed by atoms with Gasteiger partial charge in [0.25, 0.3) is 0 Å². The van der Waals surface area contributed by atoms with Gasteiger partial charge in [0.15, 0.2) is 0 Å². The van der Waals surface area contributed by atoms with E-state index < -0.39 is 47.4 Å². The monoisotopic (exact) mass is 378 g/mol. The fraction of sp³-hybridized carbons (Fsp3) is 0.700. The summed E-state index contributed by atoms with van der Waals surface area (Å²) in [5, 5.41) is 10.6. The minimum atomic E-state index is -0.699. The van der Waals surface area contributed by atoms with Gasteiger partial charge in [0.2, 0.25) is 0 Å². The highest BCUT2D eigenvalue weighted by Crippen LogP contribution is 2.55. The van der Waals surface area contributed by atoms with Crippen molar-refractivity contribution in [2.75, 3.05) is 0 Å². The van der Waals surface area contributed by atoms with E-state index in [4.69, 9.17) is 18.9 Å². The van der Waals surface area contributed by atoms with Crippen molar-refractivity contribution in [2.24, 2.45) is 5.92 Å². The molecule has 148 valence electrons. The van der Waals surface area contributed by atoms with Gasteiger partial charge in [0, 0.05) is 24.0 Å². The van der Waals surface area contributed by atoms with Crippen LogP contribution in [0.1, 0.15) is 40.5 Å². The number of ether oxygens (including phenoxy) is 4. The van der Waals surface area contributed by atoms with Crippen LogP contribution >= 0.6 is 0 Å². The second-order valence-electron chi connectivity index (χ2n) is 8.51. The van der Waals surface area contributed by atoms with E-state index >= 15 is 0 Å². The molecule has 0 aromatic carbocycles. The summed E-state index contributed by atoms with van der Waals surface area (Å²) in [5.41, 5.74) is -0.477. The van der Waals surface area contributed by atoms with Gasteiger partial charge in [-0.15, -0.1) is 0 Å². The molecule has 8 unspecified atom stereocenters. The Morgan fingerprint density at radius 3 is 2.56 bits per heavy atom. The number of esters is 2. The maximum atomic E-state index is 12.4. The highest BCUT2D eigenvalue weighted by Gasteiger charge is 2.69. The Hall–Kier alpha value is -1.70. The normalized spacial score (nSPS) is 48.7. The molecule has 1 N–H and O–H groups in total. The van der Waals surface area contributed by atoms with E-state index in [9.17, 15) is 14.7 Å². The van der Waals surface area contributed by atoms with E-state index in [1.807, 2.05) is 13.8 Å². The molecule has 3 saturated heterocycles. The Labute approximate surface area is 158 Å². The maximum Gasteiger partial charge on any atom is 0.334 e. The molecule has 0 aromatic heterocycles. The summed E-state index contributed by atoms with van der Waals surface area (Å²) in [5.74, 6) is -1.45. The average Bonchev–Trinajstić information content (AvgIpc) is 3.43. The van der Waals surface area contributed by atoms with Gasteiger partial charge in [-0.3, -0.25) is 0 Å². The lowest BCUT2D eigenvalue weighted by atomic mass is 9.79. The molecule has 7 heteroatoms. The first-order valence-corrected chi connectivity index (χ1v) is 9.37. The van der Waals surface area contributed by atoms with Crippen LogP contribution in [0.15, 0.2) is 23.8 Å². The predicted octanol–water partition coefficient (Wildman–Crippen LogP) is 1.43. The number of aliphatic hydroxyl groups is 1. The molecule has 1 saturated carbocycles. The van der Waals surface area contributed by atoms with E-state index in [1.165, 1.54) is 0 Å². The number of carbonyl (C=O) groups excluding carboxylic acids is 2. The van der Waals surface area contributed by atoms with Crippen molar-refractivity contribution >= 4 is 11.9 Å². The van der Waals surface area contributed by atoms with Crippen molar-refractivity contribution in [3.05, 3.63) is 23.8 Å². The first-order chi connectivity index (χ1) is 12.6. The topological polar surface area (TPSA) is 97.9 Å². The van der Waals surface area contributed by atoms with Gasteiger partial charge in [0.05, 0.1) is 23.2 Å². The largest absolute Gasteiger partial charge is 0.458 e. The van der Waals surface area contributed by atoms with Crippen molar-refractivity contribution in [2.45, 2.75) is 82.3 Å². The van der Waals surface area contributed by atoms with Crippen LogP contribution < -0.4 is 0 Å². The van der Waals surface area contributed by atoms with E-state index in [2.05, 4.69) is 6.58 Å². The van der Waals surface area contributed by atoms with E-state index in [0.717, 1.165) is 0 Å². The van der Waals surface area contributed by atoms with Crippen LogP contribution in [0, 0.1) is 5.92 Å². The van der Waals surface area contributed by atoms with Crippen LogP contribution in [-0.4, -0.2) is 58.8 Å². The molecule has 0 aromatic rings. The van der Waals surface area contributed by atoms with Gasteiger partial charge >= 0.3 is 11.9 Å². The van der Waals surface area contributed by atoms with Crippen LogP contribution in [0.2, 0.25) is 0 Å². The first-order valence-electron chi connectivity index (χ1n) is 9.37. The Morgan fingerprint density at radius 1 is 1.26 bits per heavy atom. The van der Waals surface area contributed by atoms with E-state index in [1.54, 1.807) is 19.9 Å². The molecule has 4 fully saturated rings. The Kier molecular flexibility index (Phi) is 4.07. The SMILES string of the molecule is C=C1C(=O)OC2C1C(OC(=O)C(C)=CC)CC1(C)OC1C(O)CC1(C)OC21. The molecule has 4 aliphatic rings. The molecule has 0 bridgehead atoms. The second-order valence-corrected chi connectivity index (χ2v) is 8.51. The molecular weight excluding hydrogens is 352 g/mol. The summed E-state index contributed by atoms with van der Waals surface area (Å²) in [6.45, 7) is 11.1. The summed E-state index contributed by atoms with van der Waals surface area (Å²) in [6.07, 6.45) is -0.261. The van der Waals surface area contributed by atoms with Gasteiger partial charge in [-0.1, -0.05) is 12.7 Å². The molecule has 3 heterocycles. The fourth-order valence-corrected chi connectivity index (χ4v) is 4.55. The Bertz CT molecular complexity index is 743. The van der Waals surface area contributed by atoms with Crippen molar-refractivity contribution in [1.82, 2.24) is 0 Å². The zero-order valence-electron chi connectivity index (χ0n) is 16.1. The molecule has 0 spiro atoms. The van der Waals surface area contributed by atoms with Gasteiger partial charge in [0.1, 0.15) is 24.4 Å². The number of hydrogen-bond donors (Lipinski definition) is 1. The molecule has 27 heavy (non-hydrogen) atoms. The lowest BCUT2D eigenvalue weighted by Gasteiger charge is -2.29. The summed E-state index contributed by atoms with van der Waals surface area (Å²) in [7, 11) is 0. The molecule has 1 aliphatic carbocycles. The van der Waals surface area contributed by atoms with Crippen molar-refractivity contribution in [1.29, 1.82) is 0 Å². The average molecular weight is 378 g/mol. The number of epoxide rings is 2. The van der Waals surface area contributed by atoms with Crippen LogP contribution in [-0.2, 0) is 28.5 Å². The minimum absolute atomic E-state index is 0.288. The lowest BCUT2D eigenvalue weighted by molar-refractivity contribution is -0.149. The molecule has 0 radical (unpaired) electrons. The summed E-state index contributed by atoms with van der Waals surface area (Å²) in [6, 6.07) is 0. The molecular formula is C20H26O7. The second kappa shape index (κ2) is 5.90. The lowest BCUT2D eigenvalue weighted by Crippen LogP contribution is -2.43. The standard InChI is InChI=1S/C20H26O7/c1-6-9(2)17(22)24-12-8-20(5)15(26-20)11(21)7-19(4)16(27-19)14-13(12)10(3)18(23)25-14/h6,11-16,21H,3,7-8H2,1-2,4-5H3. The van der Waals surface area contributed by atoms with Crippen LogP contribution in [0.3, 0.4) is 0 Å². The number of fused-ring (bicyclic) bond motifs is 4. The van der Waals surface area contributed by atoms with E-state index in [0.29, 0.717) is 18.4 Å². The molecule has 8 atom stereocenters. The van der Waals surface area contributed by atoms with Crippen LogP contribution in [0.5, 0.6) is 0 Å². The molecule has 3 aliphatic heterocycles. The zero-order valence-corrected chi connectivity index (χ0v) is 16.1. The van der Waals surface area contributed by atoms with Crippen LogP contribution in [0.25, 0.3) is 0 Å². The van der Waals surface area contributed by atoms with Gasteiger partial charge in [-0.05, 0) is 27.7 Å². The number of rotatable bonds is 2. The quantitative estimate of drug-likeness (QED) is 0.441. The zero-order chi connectivity index (χ0) is 19.7. The summed E-state index contributed by atoms with van der Waals surface area (Å²) < 4.78 is 23.0. The predicted molar refractivity (Wildman–Crippen MR) is 93.6 cm³/mol. The van der Waals surface area contributed by atoms with Gasteiger partial charge in [-0.2, -0.15) is 0 Å². The smallest absolute Gasteiger partial charge is 0.334 e. The van der Waals surface area contributed by atoms with Crippen molar-refractivity contribution in [3.8, 4) is 0 Å². The summed E-state index contributed by atoms with van der Waals surface area (Å²) in [4.78, 5) is 24.7. The van der Waals surface area contributed by atoms with Gasteiger partial charge in [-0.25, -0.2) is 9.59 Å². The number of allylic oxidation sites excluding steroid dienone is 1. The first kappa shape index (κ1) is 18.7. The summed E-state index contributed by atoms with van der Waals surface area (Å²) >= 11 is 0. The van der Waals surface area contributed by atoms with Crippen LogP contribution in [0.4, 0.5) is 0 Å². The molecule has 7 nitrogen and oxygen atoms in total. The van der Waals surface area contributed by atoms with Gasteiger partial charge < -0.3 is 24.1 Å². The molecule has 0 amide bonds. The molecule has 4 rings (SSSR count). The fourth-order valence-electron chi connectivity index (χ4n) is 4.55.